The summed E-state index contributed by atoms with van der Waals surface area (Å²) in [6, 6.07) is 8.71. The van der Waals surface area contributed by atoms with Gasteiger partial charge < -0.3 is 25.1 Å². The molecule has 192 valence electrons. The number of carboxylic acid groups (broad SMARTS) is 1. The average Bonchev–Trinajstić information content (AvgIpc) is 3.60. The first-order valence-electron chi connectivity index (χ1n) is 12.4. The number of fused-ring (bicyclic) bond motifs is 1. The van der Waals surface area contributed by atoms with Crippen LogP contribution in [0.15, 0.2) is 41.0 Å². The predicted molar refractivity (Wildman–Crippen MR) is 135 cm³/mol. The first-order chi connectivity index (χ1) is 18.0. The Bertz CT molecular complexity index is 1400. The maximum atomic E-state index is 11.3. The highest BCUT2D eigenvalue weighted by Gasteiger charge is 2.27. The van der Waals surface area contributed by atoms with Gasteiger partial charge in [-0.25, -0.2) is 9.78 Å². The molecule has 13 nitrogen and oxygen atoms in total. The number of aromatic nitrogens is 6. The second-order valence-corrected chi connectivity index (χ2v) is 9.43. The van der Waals surface area contributed by atoms with Gasteiger partial charge in [-0.15, -0.1) is 5.10 Å². The molecule has 4 aromatic heterocycles. The Balaban J connectivity index is 1.09. The van der Waals surface area contributed by atoms with Gasteiger partial charge in [-0.1, -0.05) is 6.07 Å². The van der Waals surface area contributed by atoms with Gasteiger partial charge in [0.1, 0.15) is 5.82 Å². The zero-order chi connectivity index (χ0) is 25.4. The SMILES string of the molecule is Nc1nc(N2CCC[C@@H](CN3CCN(c4cccc(C(=O)O)n4)CC3)C2)nc2nc(-c3ccco3)nn12. The van der Waals surface area contributed by atoms with E-state index in [4.69, 9.17) is 10.2 Å². The van der Waals surface area contributed by atoms with Gasteiger partial charge in [0.25, 0.3) is 5.78 Å². The second-order valence-electron chi connectivity index (χ2n) is 9.43. The van der Waals surface area contributed by atoms with E-state index in [2.05, 4.69) is 39.7 Å². The number of nitrogens with zero attached hydrogens (tertiary/aromatic N) is 9. The standard InChI is InChI=1S/C24H28N10O3/c25-22-28-23(29-24-27-20(30-34(22)24)18-6-3-13-37-18)33-8-2-4-16(15-33)14-31-9-11-32(12-10-31)19-7-1-5-17(26-19)21(35)36/h1,3,5-7,13,16H,2,4,8-12,14-15H2,(H,35,36)(H2,25,27,28,29,30)/t16-/m0/s1. The van der Waals surface area contributed by atoms with E-state index < -0.39 is 5.97 Å². The third-order valence-corrected chi connectivity index (χ3v) is 6.93. The zero-order valence-corrected chi connectivity index (χ0v) is 20.3. The molecular formula is C24H28N10O3. The van der Waals surface area contributed by atoms with E-state index in [-0.39, 0.29) is 11.6 Å². The fourth-order valence-electron chi connectivity index (χ4n) is 5.08. The van der Waals surface area contributed by atoms with Gasteiger partial charge in [0.2, 0.25) is 17.7 Å². The molecule has 0 bridgehead atoms. The molecule has 0 aromatic carbocycles. The summed E-state index contributed by atoms with van der Waals surface area (Å²) in [4.78, 5) is 36.0. The van der Waals surface area contributed by atoms with Gasteiger partial charge in [-0.05, 0) is 43.0 Å². The molecule has 0 saturated carbocycles. The van der Waals surface area contributed by atoms with Crippen LogP contribution in [0.4, 0.5) is 17.7 Å². The minimum Gasteiger partial charge on any atom is -0.477 e. The lowest BCUT2D eigenvalue weighted by Gasteiger charge is -2.39. The Hall–Kier alpha value is -4.26. The number of furan rings is 1. The molecule has 6 rings (SSSR count). The summed E-state index contributed by atoms with van der Waals surface area (Å²) >= 11 is 0. The second kappa shape index (κ2) is 9.65. The fraction of sp³-hybridized carbons (Fsp3) is 0.417. The van der Waals surface area contributed by atoms with Crippen LogP contribution >= 0.6 is 0 Å². The Labute approximate surface area is 212 Å². The van der Waals surface area contributed by atoms with Crippen molar-refractivity contribution in [1.29, 1.82) is 0 Å². The summed E-state index contributed by atoms with van der Waals surface area (Å²) in [5, 5.41) is 13.6. The monoisotopic (exact) mass is 504 g/mol. The van der Waals surface area contributed by atoms with E-state index in [0.29, 0.717) is 29.2 Å². The molecule has 2 fully saturated rings. The van der Waals surface area contributed by atoms with Crippen molar-refractivity contribution in [2.45, 2.75) is 12.8 Å². The highest BCUT2D eigenvalue weighted by atomic mass is 16.4. The Morgan fingerprint density at radius 3 is 2.68 bits per heavy atom. The van der Waals surface area contributed by atoms with Crippen molar-refractivity contribution in [2.75, 3.05) is 61.3 Å². The Morgan fingerprint density at radius 1 is 1.03 bits per heavy atom. The predicted octanol–water partition coefficient (Wildman–Crippen LogP) is 1.49. The normalized spacial score (nSPS) is 19.0. The number of rotatable bonds is 6. The third kappa shape index (κ3) is 4.77. The lowest BCUT2D eigenvalue weighted by atomic mass is 9.97. The summed E-state index contributed by atoms with van der Waals surface area (Å²) in [5.41, 5.74) is 6.28. The number of anilines is 3. The molecule has 0 unspecified atom stereocenters. The Kier molecular flexibility index (Phi) is 6.04. The van der Waals surface area contributed by atoms with Crippen LogP contribution in [0.2, 0.25) is 0 Å². The van der Waals surface area contributed by atoms with Gasteiger partial charge in [0.05, 0.1) is 6.26 Å². The van der Waals surface area contributed by atoms with Gasteiger partial charge in [-0.2, -0.15) is 19.5 Å². The van der Waals surface area contributed by atoms with Crippen molar-refractivity contribution in [3.05, 3.63) is 42.3 Å². The summed E-state index contributed by atoms with van der Waals surface area (Å²) in [6.07, 6.45) is 3.77. The van der Waals surface area contributed by atoms with Crippen molar-refractivity contribution in [2.24, 2.45) is 5.92 Å². The fourth-order valence-corrected chi connectivity index (χ4v) is 5.08. The summed E-state index contributed by atoms with van der Waals surface area (Å²) in [6.45, 7) is 6.13. The summed E-state index contributed by atoms with van der Waals surface area (Å²) < 4.78 is 6.83. The van der Waals surface area contributed by atoms with E-state index in [1.54, 1.807) is 24.5 Å². The molecule has 4 aromatic rings. The van der Waals surface area contributed by atoms with Crippen LogP contribution in [0.1, 0.15) is 23.3 Å². The van der Waals surface area contributed by atoms with E-state index in [1.165, 1.54) is 10.6 Å². The molecule has 6 heterocycles. The summed E-state index contributed by atoms with van der Waals surface area (Å²) in [5.74, 6) is 2.37. The number of hydrogen-bond acceptors (Lipinski definition) is 11. The number of piperidine rings is 1. The molecule has 37 heavy (non-hydrogen) atoms. The first-order valence-corrected chi connectivity index (χ1v) is 12.4. The number of nitrogens with two attached hydrogens (primary N) is 1. The molecule has 2 aliphatic rings. The molecule has 2 saturated heterocycles. The maximum Gasteiger partial charge on any atom is 0.354 e. The van der Waals surface area contributed by atoms with Gasteiger partial charge in [-0.3, -0.25) is 4.90 Å². The van der Waals surface area contributed by atoms with Crippen molar-refractivity contribution in [1.82, 2.24) is 34.4 Å². The molecule has 13 heteroatoms. The number of carboxylic acids is 1. The highest BCUT2D eigenvalue weighted by Crippen LogP contribution is 2.24. The lowest BCUT2D eigenvalue weighted by molar-refractivity contribution is 0.0690. The van der Waals surface area contributed by atoms with Crippen LogP contribution in [0.3, 0.4) is 0 Å². The number of aromatic carboxylic acids is 1. The first kappa shape index (κ1) is 23.2. The zero-order valence-electron chi connectivity index (χ0n) is 20.3. The van der Waals surface area contributed by atoms with Crippen molar-refractivity contribution in [3.63, 3.8) is 0 Å². The van der Waals surface area contributed by atoms with Gasteiger partial charge in [0.15, 0.2) is 11.5 Å². The van der Waals surface area contributed by atoms with Crippen LogP contribution < -0.4 is 15.5 Å². The minimum atomic E-state index is -1.01. The van der Waals surface area contributed by atoms with Crippen LogP contribution in [0.25, 0.3) is 17.4 Å². The van der Waals surface area contributed by atoms with Crippen molar-refractivity contribution < 1.29 is 14.3 Å². The number of carbonyl (C=O) groups is 1. The largest absolute Gasteiger partial charge is 0.477 e. The van der Waals surface area contributed by atoms with Crippen LogP contribution in [-0.4, -0.2) is 91.3 Å². The summed E-state index contributed by atoms with van der Waals surface area (Å²) in [7, 11) is 0. The van der Waals surface area contributed by atoms with E-state index in [0.717, 1.165) is 64.5 Å². The lowest BCUT2D eigenvalue weighted by Crippen LogP contribution is -2.50. The molecular weight excluding hydrogens is 476 g/mol. The molecule has 0 spiro atoms. The van der Waals surface area contributed by atoms with Gasteiger partial charge in [0, 0.05) is 45.8 Å². The van der Waals surface area contributed by atoms with Crippen molar-refractivity contribution >= 4 is 29.5 Å². The average molecular weight is 505 g/mol. The quantitative estimate of drug-likeness (QED) is 0.391. The number of hydrogen-bond donors (Lipinski definition) is 2. The molecule has 3 N–H and O–H groups in total. The maximum absolute atomic E-state index is 11.3. The smallest absolute Gasteiger partial charge is 0.354 e. The molecule has 1 atom stereocenters. The molecule has 0 aliphatic carbocycles. The van der Waals surface area contributed by atoms with Crippen LogP contribution in [-0.2, 0) is 0 Å². The van der Waals surface area contributed by atoms with Crippen LogP contribution in [0, 0.1) is 5.92 Å². The minimum absolute atomic E-state index is 0.0755. The van der Waals surface area contributed by atoms with E-state index >= 15 is 0 Å². The van der Waals surface area contributed by atoms with Crippen molar-refractivity contribution in [3.8, 4) is 11.6 Å². The Morgan fingerprint density at radius 2 is 1.89 bits per heavy atom. The topological polar surface area (TPSA) is 155 Å². The highest BCUT2D eigenvalue weighted by molar-refractivity contribution is 5.85. The van der Waals surface area contributed by atoms with Gasteiger partial charge >= 0.3 is 5.97 Å². The third-order valence-electron chi connectivity index (χ3n) is 6.93. The molecule has 0 radical (unpaired) electrons. The molecule has 0 amide bonds. The molecule has 2 aliphatic heterocycles. The van der Waals surface area contributed by atoms with E-state index in [9.17, 15) is 9.90 Å². The number of nitrogen functional groups attached to an aromatic ring is 1. The van der Waals surface area contributed by atoms with Crippen LogP contribution in [0.5, 0.6) is 0 Å². The number of pyridine rings is 1. The van der Waals surface area contributed by atoms with E-state index in [1.807, 2.05) is 6.07 Å². The number of piperazine rings is 1.